The second kappa shape index (κ2) is 16.7. The van der Waals surface area contributed by atoms with E-state index in [9.17, 15) is 31.1 Å². The Bertz CT molecular complexity index is 1710. The Morgan fingerprint density at radius 1 is 0.922 bits per heavy atom. The number of halogens is 6. The molecule has 274 valence electrons. The van der Waals surface area contributed by atoms with Gasteiger partial charge >= 0.3 is 18.3 Å². The molecule has 1 aliphatic carbocycles. The van der Waals surface area contributed by atoms with Gasteiger partial charge in [-0.25, -0.2) is 0 Å². The molecule has 9 nitrogen and oxygen atoms in total. The zero-order valence-corrected chi connectivity index (χ0v) is 28.5. The summed E-state index contributed by atoms with van der Waals surface area (Å²) in [5.41, 5.74) is 0.121. The first kappa shape index (κ1) is 37.7. The second-order valence-corrected chi connectivity index (χ2v) is 12.9. The van der Waals surface area contributed by atoms with Crippen LogP contribution in [0.25, 0.3) is 11.1 Å². The second-order valence-electron chi connectivity index (χ2n) is 12.9. The van der Waals surface area contributed by atoms with Crippen molar-refractivity contribution in [3.63, 3.8) is 0 Å². The number of alkyl halides is 6. The largest absolute Gasteiger partial charge is 0.466 e. The van der Waals surface area contributed by atoms with Crippen molar-refractivity contribution in [3.8, 4) is 11.1 Å². The van der Waals surface area contributed by atoms with Gasteiger partial charge in [0.05, 0.1) is 24.8 Å². The molecule has 1 N–H and O–H groups in total. The standard InChI is InChI=1S/C36H41F6N7O2/c1-3-51-33(50)17-24-9-11-25(12-10-24)20-43-14-13-32-29(18-28(21-44-32)27-7-5-4-6-8-27)23-49(34-45-47-48(2)46-34)22-26-15-30(35(37,38)39)19-31(16-26)36(40,41)42/h4-8,15-16,18-19,21,24-25,43H,3,9-14,17,20,22-23H2,1-2H3. The zero-order valence-electron chi connectivity index (χ0n) is 28.5. The number of nitrogens with zero attached hydrogens (tertiary/aromatic N) is 6. The van der Waals surface area contributed by atoms with Crippen LogP contribution in [0.2, 0.25) is 0 Å². The predicted octanol–water partition coefficient (Wildman–Crippen LogP) is 7.41. The molecule has 1 fully saturated rings. The van der Waals surface area contributed by atoms with E-state index in [1.54, 1.807) is 13.1 Å². The lowest BCUT2D eigenvalue weighted by atomic mass is 9.80. The summed E-state index contributed by atoms with van der Waals surface area (Å²) in [5, 5.41) is 15.7. The van der Waals surface area contributed by atoms with Gasteiger partial charge in [-0.2, -0.15) is 31.1 Å². The van der Waals surface area contributed by atoms with E-state index in [1.165, 1.54) is 16.7 Å². The van der Waals surface area contributed by atoms with E-state index >= 15 is 0 Å². The number of hydrogen-bond donors (Lipinski definition) is 1. The van der Waals surface area contributed by atoms with Crippen LogP contribution < -0.4 is 10.2 Å². The minimum absolute atomic E-state index is 0.0382. The Labute approximate surface area is 292 Å². The zero-order chi connectivity index (χ0) is 36.6. The highest BCUT2D eigenvalue weighted by Gasteiger charge is 2.37. The third-order valence-electron chi connectivity index (χ3n) is 9.03. The number of aromatic nitrogens is 5. The Kier molecular flexibility index (Phi) is 12.3. The van der Waals surface area contributed by atoms with Crippen molar-refractivity contribution in [3.05, 3.63) is 88.7 Å². The summed E-state index contributed by atoms with van der Waals surface area (Å²) in [7, 11) is 1.52. The summed E-state index contributed by atoms with van der Waals surface area (Å²) >= 11 is 0. The highest BCUT2D eigenvalue weighted by Crippen LogP contribution is 2.37. The van der Waals surface area contributed by atoms with E-state index in [4.69, 9.17) is 9.72 Å². The minimum atomic E-state index is -4.98. The third kappa shape index (κ3) is 10.7. The molecule has 5 rings (SSSR count). The highest BCUT2D eigenvalue weighted by molar-refractivity contribution is 5.69. The van der Waals surface area contributed by atoms with Gasteiger partial charge in [-0.15, -0.1) is 5.10 Å². The number of nitrogens with one attached hydrogen (secondary N) is 1. The molecule has 2 aromatic carbocycles. The number of carbonyl (C=O) groups is 1. The van der Waals surface area contributed by atoms with Crippen LogP contribution in [0.1, 0.15) is 67.0 Å². The predicted molar refractivity (Wildman–Crippen MR) is 178 cm³/mol. The molecule has 1 aliphatic rings. The normalized spacial score (nSPS) is 16.6. The van der Waals surface area contributed by atoms with Crippen LogP contribution in [0.5, 0.6) is 0 Å². The number of tetrazole rings is 1. The smallest absolute Gasteiger partial charge is 0.416 e. The Hall–Kier alpha value is -4.53. The Balaban J connectivity index is 1.35. The number of pyridine rings is 1. The summed E-state index contributed by atoms with van der Waals surface area (Å²) < 4.78 is 87.4. The number of benzene rings is 2. The van der Waals surface area contributed by atoms with Gasteiger partial charge in [0.2, 0.25) is 0 Å². The molecule has 0 saturated heterocycles. The number of ether oxygens (including phenoxy) is 1. The molecule has 0 unspecified atom stereocenters. The number of esters is 1. The van der Waals surface area contributed by atoms with E-state index < -0.39 is 23.5 Å². The van der Waals surface area contributed by atoms with Crippen LogP contribution in [-0.4, -0.2) is 50.9 Å². The first-order chi connectivity index (χ1) is 24.3. The topological polar surface area (TPSA) is 98.1 Å². The minimum Gasteiger partial charge on any atom is -0.466 e. The Morgan fingerprint density at radius 2 is 1.59 bits per heavy atom. The molecule has 0 bridgehead atoms. The van der Waals surface area contributed by atoms with Gasteiger partial charge in [0.1, 0.15) is 0 Å². The monoisotopic (exact) mass is 717 g/mol. The summed E-state index contributed by atoms with van der Waals surface area (Å²) in [6.07, 6.45) is -3.27. The van der Waals surface area contributed by atoms with Gasteiger partial charge in [-0.1, -0.05) is 35.4 Å². The number of anilines is 1. The molecular formula is C36H41F6N7O2. The molecule has 51 heavy (non-hydrogen) atoms. The first-order valence-corrected chi connectivity index (χ1v) is 16.9. The molecule has 2 aromatic heterocycles. The van der Waals surface area contributed by atoms with Gasteiger partial charge in [0.25, 0.3) is 5.95 Å². The van der Waals surface area contributed by atoms with Crippen LogP contribution in [0.3, 0.4) is 0 Å². The van der Waals surface area contributed by atoms with Crippen molar-refractivity contribution in [2.75, 3.05) is 24.6 Å². The number of hydrogen-bond acceptors (Lipinski definition) is 8. The molecular weight excluding hydrogens is 676 g/mol. The summed E-state index contributed by atoms with van der Waals surface area (Å²) in [4.78, 5) is 19.3. The SMILES string of the molecule is CCOC(=O)CC1CCC(CNCCc2ncc(-c3ccccc3)cc2CN(Cc2cc(C(F)(F)F)cc(C(F)(F)F)c2)c2nnn(C)n2)CC1. The third-order valence-corrected chi connectivity index (χ3v) is 9.03. The average molecular weight is 718 g/mol. The molecule has 2 heterocycles. The van der Waals surface area contributed by atoms with Crippen molar-refractivity contribution in [1.82, 2.24) is 30.5 Å². The quantitative estimate of drug-likeness (QED) is 0.0819. The van der Waals surface area contributed by atoms with E-state index in [-0.39, 0.29) is 36.6 Å². The summed E-state index contributed by atoms with van der Waals surface area (Å²) in [6.45, 7) is 3.27. The van der Waals surface area contributed by atoms with Crippen molar-refractivity contribution in [2.45, 2.75) is 70.9 Å². The average Bonchev–Trinajstić information content (AvgIpc) is 3.53. The molecule has 0 radical (unpaired) electrons. The maximum atomic E-state index is 13.7. The van der Waals surface area contributed by atoms with Gasteiger partial charge < -0.3 is 15.0 Å². The lowest BCUT2D eigenvalue weighted by Gasteiger charge is -2.28. The van der Waals surface area contributed by atoms with Crippen molar-refractivity contribution >= 4 is 11.9 Å². The highest BCUT2D eigenvalue weighted by atomic mass is 19.4. The fourth-order valence-corrected chi connectivity index (χ4v) is 6.43. The van der Waals surface area contributed by atoms with E-state index in [2.05, 4.69) is 20.7 Å². The molecule has 15 heteroatoms. The molecule has 0 atom stereocenters. The van der Waals surface area contributed by atoms with Crippen molar-refractivity contribution in [1.29, 1.82) is 0 Å². The number of aryl methyl sites for hydroxylation is 1. The van der Waals surface area contributed by atoms with Gasteiger partial charge in [-0.3, -0.25) is 9.78 Å². The van der Waals surface area contributed by atoms with Crippen LogP contribution in [0.15, 0.2) is 60.8 Å². The van der Waals surface area contributed by atoms with E-state index in [0.29, 0.717) is 61.2 Å². The van der Waals surface area contributed by atoms with E-state index in [0.717, 1.165) is 43.4 Å². The van der Waals surface area contributed by atoms with Gasteiger partial charge in [0.15, 0.2) is 0 Å². The molecule has 0 aliphatic heterocycles. The van der Waals surface area contributed by atoms with Gasteiger partial charge in [0, 0.05) is 49.9 Å². The van der Waals surface area contributed by atoms with Crippen molar-refractivity contribution in [2.24, 2.45) is 18.9 Å². The van der Waals surface area contributed by atoms with Crippen LogP contribution >= 0.6 is 0 Å². The van der Waals surface area contributed by atoms with Crippen molar-refractivity contribution < 1.29 is 35.9 Å². The lowest BCUT2D eigenvalue weighted by Crippen LogP contribution is -2.29. The number of carbonyl (C=O) groups excluding carboxylic acids is 1. The van der Waals surface area contributed by atoms with Crippen LogP contribution in [0.4, 0.5) is 32.3 Å². The maximum Gasteiger partial charge on any atom is 0.416 e. The molecule has 0 amide bonds. The van der Waals surface area contributed by atoms with Crippen LogP contribution in [-0.2, 0) is 48.4 Å². The van der Waals surface area contributed by atoms with Crippen LogP contribution in [0, 0.1) is 11.8 Å². The fourth-order valence-electron chi connectivity index (χ4n) is 6.43. The maximum absolute atomic E-state index is 13.7. The fraction of sp³-hybridized carbons (Fsp3) is 0.472. The number of rotatable bonds is 14. The molecule has 1 saturated carbocycles. The Morgan fingerprint density at radius 3 is 2.20 bits per heavy atom. The summed E-state index contributed by atoms with van der Waals surface area (Å²) in [6, 6.07) is 13.0. The molecule has 4 aromatic rings. The van der Waals surface area contributed by atoms with E-state index in [1.807, 2.05) is 36.4 Å². The summed E-state index contributed by atoms with van der Waals surface area (Å²) in [5.74, 6) is 0.716. The lowest BCUT2D eigenvalue weighted by molar-refractivity contribution is -0.145. The molecule has 0 spiro atoms. The first-order valence-electron chi connectivity index (χ1n) is 16.9. The van der Waals surface area contributed by atoms with Gasteiger partial charge in [-0.05, 0) is 97.2 Å².